The number of ether oxygens (including phenoxy) is 3. The molecule has 1 fully saturated rings. The van der Waals surface area contributed by atoms with Crippen molar-refractivity contribution in [3.8, 4) is 0 Å². The van der Waals surface area contributed by atoms with E-state index in [0.717, 1.165) is 83.5 Å². The molecule has 3 atom stereocenters. The first-order chi connectivity index (χ1) is 24.7. The smallest absolute Gasteiger partial charge is 0.462 e. The summed E-state index contributed by atoms with van der Waals surface area (Å²) >= 11 is 0. The van der Waals surface area contributed by atoms with Gasteiger partial charge in [0.15, 0.2) is 6.10 Å². The topological polar surface area (TPSA) is 132 Å². The molecule has 1 saturated heterocycles. The second kappa shape index (κ2) is 32.6. The summed E-state index contributed by atoms with van der Waals surface area (Å²) in [5, 5.41) is 0. The molecule has 0 amide bonds. The summed E-state index contributed by atoms with van der Waals surface area (Å²) in [5.41, 5.74) is 0. The van der Waals surface area contributed by atoms with Gasteiger partial charge in [0, 0.05) is 12.8 Å². The van der Waals surface area contributed by atoms with E-state index in [1.807, 2.05) is 0 Å². The highest BCUT2D eigenvalue weighted by atomic mass is 31.2. The Bertz CT molecular complexity index is 1030. The van der Waals surface area contributed by atoms with E-state index in [1.165, 1.54) is 44.9 Å². The van der Waals surface area contributed by atoms with Crippen LogP contribution in [0.25, 0.3) is 0 Å². The summed E-state index contributed by atoms with van der Waals surface area (Å²) in [6, 6.07) is 0. The molecule has 0 aliphatic carbocycles. The van der Waals surface area contributed by atoms with Crippen LogP contribution in [0, 0.1) is 0 Å². The van der Waals surface area contributed by atoms with Gasteiger partial charge in [-0.05, 0) is 77.0 Å². The molecule has 294 valence electrons. The zero-order valence-corrected chi connectivity index (χ0v) is 32.8. The van der Waals surface area contributed by atoms with Crippen LogP contribution >= 0.6 is 7.82 Å². The van der Waals surface area contributed by atoms with Crippen molar-refractivity contribution < 1.29 is 42.7 Å². The fraction of sp³-hybridized carbons (Fsp3) is 0.756. The molecular weight excluding hydrogens is 667 g/mol. The first-order valence-electron chi connectivity index (χ1n) is 20.1. The summed E-state index contributed by atoms with van der Waals surface area (Å²) < 4.78 is 32.1. The SMILES string of the molecule is CCCCC/C=C\C/C=C\C/C=C\CCCCCCC(=O)O[C@H](COC(=O)CCCCCCCC1OC1C/C=C\CCCCC)COP(=O)(O)O. The zero-order chi connectivity index (χ0) is 37.3. The molecule has 1 heterocycles. The fourth-order valence-corrected chi connectivity index (χ4v) is 5.98. The van der Waals surface area contributed by atoms with E-state index < -0.39 is 32.5 Å². The van der Waals surface area contributed by atoms with E-state index >= 15 is 0 Å². The third kappa shape index (κ3) is 32.4. The predicted octanol–water partition coefficient (Wildman–Crippen LogP) is 10.9. The lowest BCUT2D eigenvalue weighted by molar-refractivity contribution is -0.161. The van der Waals surface area contributed by atoms with E-state index in [0.29, 0.717) is 25.0 Å². The van der Waals surface area contributed by atoms with Gasteiger partial charge in [0.05, 0.1) is 18.8 Å². The maximum atomic E-state index is 12.4. The number of rotatable bonds is 35. The van der Waals surface area contributed by atoms with Crippen LogP contribution in [0.5, 0.6) is 0 Å². The molecule has 0 bridgehead atoms. The molecule has 0 aromatic carbocycles. The summed E-state index contributed by atoms with van der Waals surface area (Å²) in [4.78, 5) is 42.8. The Labute approximate surface area is 309 Å². The largest absolute Gasteiger partial charge is 0.469 e. The monoisotopic (exact) mass is 738 g/mol. The Morgan fingerprint density at radius 3 is 1.75 bits per heavy atom. The number of carbonyl (C=O) groups is 2. The zero-order valence-electron chi connectivity index (χ0n) is 31.9. The molecule has 0 saturated carbocycles. The Morgan fingerprint density at radius 1 is 0.627 bits per heavy atom. The Balaban J connectivity index is 2.11. The van der Waals surface area contributed by atoms with Gasteiger partial charge in [-0.15, -0.1) is 0 Å². The van der Waals surface area contributed by atoms with Crippen LogP contribution in [0.3, 0.4) is 0 Å². The summed E-state index contributed by atoms with van der Waals surface area (Å²) in [6.07, 6.45) is 41.3. The fourth-order valence-electron chi connectivity index (χ4n) is 5.62. The highest BCUT2D eigenvalue weighted by Gasteiger charge is 2.36. The van der Waals surface area contributed by atoms with Gasteiger partial charge in [0.1, 0.15) is 6.61 Å². The lowest BCUT2D eigenvalue weighted by atomic mass is 10.1. The van der Waals surface area contributed by atoms with Crippen LogP contribution in [0.4, 0.5) is 0 Å². The number of hydrogen-bond acceptors (Lipinski definition) is 7. The van der Waals surface area contributed by atoms with Gasteiger partial charge in [0.2, 0.25) is 0 Å². The third-order valence-electron chi connectivity index (χ3n) is 8.74. The van der Waals surface area contributed by atoms with Gasteiger partial charge in [-0.25, -0.2) is 4.57 Å². The minimum Gasteiger partial charge on any atom is -0.462 e. The van der Waals surface area contributed by atoms with Gasteiger partial charge in [-0.1, -0.05) is 127 Å². The molecular formula is C41H71O9P. The number of epoxide rings is 1. The Hall–Kier alpha value is -2.03. The van der Waals surface area contributed by atoms with Gasteiger partial charge in [-0.3, -0.25) is 14.1 Å². The van der Waals surface area contributed by atoms with Crippen molar-refractivity contribution in [1.29, 1.82) is 0 Å². The van der Waals surface area contributed by atoms with Crippen molar-refractivity contribution in [3.63, 3.8) is 0 Å². The number of phosphoric acid groups is 1. The van der Waals surface area contributed by atoms with Crippen molar-refractivity contribution in [2.75, 3.05) is 13.2 Å². The van der Waals surface area contributed by atoms with Crippen molar-refractivity contribution in [2.24, 2.45) is 0 Å². The van der Waals surface area contributed by atoms with Crippen LogP contribution < -0.4 is 0 Å². The minimum absolute atomic E-state index is 0.178. The molecule has 1 aliphatic heterocycles. The van der Waals surface area contributed by atoms with Gasteiger partial charge >= 0.3 is 19.8 Å². The quantitative estimate of drug-likeness (QED) is 0.0214. The normalized spacial score (nSPS) is 16.9. The summed E-state index contributed by atoms with van der Waals surface area (Å²) in [7, 11) is -4.77. The second-order valence-electron chi connectivity index (χ2n) is 13.6. The average molecular weight is 739 g/mol. The number of allylic oxidation sites excluding steroid dienone is 7. The number of unbranched alkanes of at least 4 members (excludes halogenated alkanes) is 14. The minimum atomic E-state index is -4.77. The van der Waals surface area contributed by atoms with Gasteiger partial charge in [0.25, 0.3) is 0 Å². The number of hydrogen-bond donors (Lipinski definition) is 2. The van der Waals surface area contributed by atoms with E-state index in [1.54, 1.807) is 0 Å². The number of esters is 2. The lowest BCUT2D eigenvalue weighted by Crippen LogP contribution is -2.29. The van der Waals surface area contributed by atoms with Crippen LogP contribution in [0.2, 0.25) is 0 Å². The Kier molecular flexibility index (Phi) is 30.0. The molecule has 2 N–H and O–H groups in total. The van der Waals surface area contributed by atoms with Gasteiger partial charge < -0.3 is 24.0 Å². The van der Waals surface area contributed by atoms with E-state index in [2.05, 4.69) is 67.0 Å². The Morgan fingerprint density at radius 2 is 1.14 bits per heavy atom. The maximum absolute atomic E-state index is 12.4. The van der Waals surface area contributed by atoms with Crippen molar-refractivity contribution >= 4 is 19.8 Å². The van der Waals surface area contributed by atoms with Crippen molar-refractivity contribution in [1.82, 2.24) is 0 Å². The predicted molar refractivity (Wildman–Crippen MR) is 206 cm³/mol. The van der Waals surface area contributed by atoms with Crippen LogP contribution in [0.15, 0.2) is 48.6 Å². The molecule has 51 heavy (non-hydrogen) atoms. The van der Waals surface area contributed by atoms with Crippen molar-refractivity contribution in [2.45, 2.75) is 186 Å². The molecule has 1 rings (SSSR count). The van der Waals surface area contributed by atoms with Crippen LogP contribution in [-0.4, -0.2) is 53.3 Å². The standard InChI is InChI=1S/C41H71O9P/c1-3-5-7-9-11-12-13-14-15-16-17-18-19-20-21-25-30-34-41(43)49-37(36-48-51(44,45)46)35-47-40(42)33-29-26-22-24-28-32-39-38(50-39)31-27-23-10-8-6-4-2/h11-12,14-15,17-18,23,27,37-39H,3-10,13,16,19-22,24-26,28-36H2,1-2H3,(H2,44,45,46)/b12-11-,15-14-,18-17-,27-23-/t37-,38?,39?/m1/s1. The first kappa shape index (κ1) is 47.0. The molecule has 0 spiro atoms. The number of carbonyl (C=O) groups excluding carboxylic acids is 2. The molecule has 0 aromatic rings. The molecule has 10 heteroatoms. The number of phosphoric ester groups is 1. The van der Waals surface area contributed by atoms with Crippen molar-refractivity contribution in [3.05, 3.63) is 48.6 Å². The van der Waals surface area contributed by atoms with Gasteiger partial charge in [-0.2, -0.15) is 0 Å². The highest BCUT2D eigenvalue weighted by Crippen LogP contribution is 2.36. The summed E-state index contributed by atoms with van der Waals surface area (Å²) in [5.74, 6) is -0.936. The van der Waals surface area contributed by atoms with Crippen LogP contribution in [0.1, 0.15) is 168 Å². The first-order valence-corrected chi connectivity index (χ1v) is 21.6. The van der Waals surface area contributed by atoms with E-state index in [4.69, 9.17) is 24.0 Å². The molecule has 0 aromatic heterocycles. The molecule has 1 aliphatic rings. The average Bonchev–Trinajstić information content (AvgIpc) is 3.85. The second-order valence-corrected chi connectivity index (χ2v) is 14.9. The molecule has 9 nitrogen and oxygen atoms in total. The third-order valence-corrected chi connectivity index (χ3v) is 9.23. The van der Waals surface area contributed by atoms with Crippen LogP contribution in [-0.2, 0) is 32.9 Å². The molecule has 0 radical (unpaired) electrons. The summed E-state index contributed by atoms with van der Waals surface area (Å²) in [6.45, 7) is 3.58. The highest BCUT2D eigenvalue weighted by molar-refractivity contribution is 7.46. The van der Waals surface area contributed by atoms with E-state index in [-0.39, 0.29) is 19.4 Å². The van der Waals surface area contributed by atoms with E-state index in [9.17, 15) is 14.2 Å². The maximum Gasteiger partial charge on any atom is 0.469 e. The lowest BCUT2D eigenvalue weighted by Gasteiger charge is -2.18. The molecule has 2 unspecified atom stereocenters.